The molecule has 0 amide bonds. The van der Waals surface area contributed by atoms with Crippen molar-refractivity contribution in [2.45, 2.75) is 6.04 Å². The molecule has 1 fully saturated rings. The maximum atomic E-state index is 14.4. The summed E-state index contributed by atoms with van der Waals surface area (Å²) in [5, 5.41) is 3.19. The molecule has 2 aromatic rings. The number of nitrogens with two attached hydrogens (primary N) is 2. The zero-order valence-corrected chi connectivity index (χ0v) is 12.7. The van der Waals surface area contributed by atoms with E-state index in [9.17, 15) is 4.39 Å². The fourth-order valence-electron chi connectivity index (χ4n) is 2.50. The van der Waals surface area contributed by atoms with Crippen LogP contribution in [-0.4, -0.2) is 36.1 Å². The molecule has 2 heterocycles. The van der Waals surface area contributed by atoms with E-state index in [1.54, 1.807) is 12.1 Å². The summed E-state index contributed by atoms with van der Waals surface area (Å²) >= 11 is 5.87. The van der Waals surface area contributed by atoms with Gasteiger partial charge < -0.3 is 21.7 Å². The number of nitrogens with one attached hydrogen (secondary N) is 1. The van der Waals surface area contributed by atoms with Crippen LogP contribution in [0, 0.1) is 5.82 Å². The Morgan fingerprint density at radius 1 is 1.32 bits per heavy atom. The number of benzene rings is 1. The Bertz CT molecular complexity index is 717. The monoisotopic (exact) mass is 322 g/mol. The largest absolute Gasteiger partial charge is 0.383 e. The van der Waals surface area contributed by atoms with Crippen LogP contribution in [0.1, 0.15) is 0 Å². The van der Waals surface area contributed by atoms with Crippen LogP contribution in [0.4, 0.5) is 22.0 Å². The van der Waals surface area contributed by atoms with Gasteiger partial charge in [-0.3, -0.25) is 0 Å². The fourth-order valence-corrected chi connectivity index (χ4v) is 2.68. The van der Waals surface area contributed by atoms with E-state index in [4.69, 9.17) is 23.1 Å². The Kier molecular flexibility index (Phi) is 3.76. The topological polar surface area (TPSA) is 93.1 Å². The second kappa shape index (κ2) is 5.58. The summed E-state index contributed by atoms with van der Waals surface area (Å²) in [6, 6.07) is 5.10. The summed E-state index contributed by atoms with van der Waals surface area (Å²) < 4.78 is 14.4. The molecule has 0 bridgehead atoms. The van der Waals surface area contributed by atoms with E-state index in [1.165, 1.54) is 6.07 Å². The van der Waals surface area contributed by atoms with Gasteiger partial charge in [0.2, 0.25) is 5.95 Å². The van der Waals surface area contributed by atoms with Crippen molar-refractivity contribution in [1.29, 1.82) is 0 Å². The second-order valence-corrected chi connectivity index (χ2v) is 5.56. The standard InChI is InChI=1S/C14H16ClFN6/c1-19-7-5-22(6-7)13-10(12(17)20-14(18)21-13)8-3-2-4-9(15)11(8)16/h2-4,7,19H,5-6H2,1H3,(H4,17,18,20,21). The smallest absolute Gasteiger partial charge is 0.223 e. The molecule has 0 unspecified atom stereocenters. The van der Waals surface area contributed by atoms with Gasteiger partial charge in [0.25, 0.3) is 0 Å². The van der Waals surface area contributed by atoms with Crippen LogP contribution >= 0.6 is 11.6 Å². The minimum atomic E-state index is -0.545. The van der Waals surface area contributed by atoms with Crippen molar-refractivity contribution >= 4 is 29.2 Å². The number of aromatic nitrogens is 2. The highest BCUT2D eigenvalue weighted by Crippen LogP contribution is 2.38. The summed E-state index contributed by atoms with van der Waals surface area (Å²) in [5.41, 5.74) is 12.4. The van der Waals surface area contributed by atoms with Crippen molar-refractivity contribution in [1.82, 2.24) is 15.3 Å². The van der Waals surface area contributed by atoms with E-state index in [1.807, 2.05) is 11.9 Å². The summed E-state index contributed by atoms with van der Waals surface area (Å²) in [6.07, 6.45) is 0. The molecule has 1 aromatic heterocycles. The quantitative estimate of drug-likeness (QED) is 0.793. The molecule has 1 aromatic carbocycles. The number of nitrogens with zero attached hydrogens (tertiary/aromatic N) is 3. The first-order valence-electron chi connectivity index (χ1n) is 6.80. The molecule has 8 heteroatoms. The lowest BCUT2D eigenvalue weighted by atomic mass is 10.0. The molecule has 1 aliphatic rings. The van der Waals surface area contributed by atoms with Gasteiger partial charge in [-0.05, 0) is 13.1 Å². The zero-order chi connectivity index (χ0) is 15.9. The van der Waals surface area contributed by atoms with Gasteiger partial charge in [0, 0.05) is 24.7 Å². The zero-order valence-electron chi connectivity index (χ0n) is 12.0. The Morgan fingerprint density at radius 2 is 2.05 bits per heavy atom. The third-order valence-electron chi connectivity index (χ3n) is 3.75. The van der Waals surface area contributed by atoms with Crippen LogP contribution in [-0.2, 0) is 0 Å². The number of hydrogen-bond donors (Lipinski definition) is 3. The number of hydrogen-bond acceptors (Lipinski definition) is 6. The van der Waals surface area contributed by atoms with Gasteiger partial charge in [-0.25, -0.2) is 4.39 Å². The first kappa shape index (κ1) is 14.8. The molecule has 5 N–H and O–H groups in total. The normalized spacial score (nSPS) is 15.0. The summed E-state index contributed by atoms with van der Waals surface area (Å²) in [6.45, 7) is 1.48. The molecule has 0 atom stereocenters. The van der Waals surface area contributed by atoms with E-state index in [2.05, 4.69) is 15.3 Å². The maximum absolute atomic E-state index is 14.4. The van der Waals surface area contributed by atoms with Gasteiger partial charge in [-0.15, -0.1) is 0 Å². The van der Waals surface area contributed by atoms with Crippen molar-refractivity contribution in [2.24, 2.45) is 0 Å². The third-order valence-corrected chi connectivity index (χ3v) is 4.04. The number of anilines is 3. The van der Waals surface area contributed by atoms with Gasteiger partial charge in [-0.2, -0.15) is 9.97 Å². The SMILES string of the molecule is CNC1CN(c2nc(N)nc(N)c2-c2cccc(Cl)c2F)C1. The van der Waals surface area contributed by atoms with E-state index in [0.29, 0.717) is 17.4 Å². The van der Waals surface area contributed by atoms with Crippen molar-refractivity contribution in [3.63, 3.8) is 0 Å². The highest BCUT2D eigenvalue weighted by molar-refractivity contribution is 6.31. The van der Waals surface area contributed by atoms with Crippen LogP contribution in [0.2, 0.25) is 5.02 Å². The minimum Gasteiger partial charge on any atom is -0.383 e. The van der Waals surface area contributed by atoms with Crippen LogP contribution in [0.5, 0.6) is 0 Å². The molecule has 1 aliphatic heterocycles. The van der Waals surface area contributed by atoms with Crippen LogP contribution < -0.4 is 21.7 Å². The highest BCUT2D eigenvalue weighted by atomic mass is 35.5. The van der Waals surface area contributed by atoms with E-state index >= 15 is 0 Å². The maximum Gasteiger partial charge on any atom is 0.223 e. The van der Waals surface area contributed by atoms with Gasteiger partial charge >= 0.3 is 0 Å². The van der Waals surface area contributed by atoms with E-state index in [0.717, 1.165) is 13.1 Å². The van der Waals surface area contributed by atoms with Crippen molar-refractivity contribution in [2.75, 3.05) is 36.5 Å². The number of likely N-dealkylation sites (N-methyl/N-ethyl adjacent to an activating group) is 1. The molecule has 116 valence electrons. The molecule has 0 aliphatic carbocycles. The second-order valence-electron chi connectivity index (χ2n) is 5.16. The summed E-state index contributed by atoms with van der Waals surface area (Å²) in [5.74, 6) is 0.178. The van der Waals surface area contributed by atoms with Gasteiger partial charge in [0.05, 0.1) is 10.6 Å². The van der Waals surface area contributed by atoms with Crippen LogP contribution in [0.3, 0.4) is 0 Å². The lowest BCUT2D eigenvalue weighted by Gasteiger charge is -2.40. The van der Waals surface area contributed by atoms with Crippen LogP contribution in [0.15, 0.2) is 18.2 Å². The molecular weight excluding hydrogens is 307 g/mol. The molecule has 3 rings (SSSR count). The molecule has 22 heavy (non-hydrogen) atoms. The molecule has 1 saturated heterocycles. The van der Waals surface area contributed by atoms with E-state index < -0.39 is 5.82 Å². The van der Waals surface area contributed by atoms with Crippen molar-refractivity contribution < 1.29 is 4.39 Å². The van der Waals surface area contributed by atoms with Gasteiger partial charge in [0.1, 0.15) is 17.5 Å². The molecule has 0 radical (unpaired) electrons. The lowest BCUT2D eigenvalue weighted by Crippen LogP contribution is -2.57. The average molecular weight is 323 g/mol. The predicted molar refractivity (Wildman–Crippen MR) is 86.3 cm³/mol. The summed E-state index contributed by atoms with van der Waals surface area (Å²) in [4.78, 5) is 10.2. The van der Waals surface area contributed by atoms with Gasteiger partial charge in [-0.1, -0.05) is 23.7 Å². The number of halogens is 2. The lowest BCUT2D eigenvalue weighted by molar-refractivity contribution is 0.447. The Balaban J connectivity index is 2.12. The van der Waals surface area contributed by atoms with Crippen molar-refractivity contribution in [3.8, 4) is 11.1 Å². The number of rotatable bonds is 3. The minimum absolute atomic E-state index is 0.0244. The summed E-state index contributed by atoms with van der Waals surface area (Å²) in [7, 11) is 1.89. The Labute approximate surface area is 132 Å². The molecule has 6 nitrogen and oxygen atoms in total. The average Bonchev–Trinajstić information content (AvgIpc) is 2.41. The fraction of sp³-hybridized carbons (Fsp3) is 0.286. The predicted octanol–water partition coefficient (Wildman–Crippen LogP) is 1.51. The highest BCUT2D eigenvalue weighted by Gasteiger charge is 2.30. The molecular formula is C14H16ClFN6. The van der Waals surface area contributed by atoms with Gasteiger partial charge in [0.15, 0.2) is 0 Å². The Hall–Kier alpha value is -2.12. The first-order valence-corrected chi connectivity index (χ1v) is 7.18. The first-order chi connectivity index (χ1) is 10.5. The number of nitrogen functional groups attached to an aromatic ring is 2. The Morgan fingerprint density at radius 3 is 2.73 bits per heavy atom. The molecule has 0 saturated carbocycles. The third kappa shape index (κ3) is 2.42. The molecule has 0 spiro atoms. The van der Waals surface area contributed by atoms with E-state index in [-0.39, 0.29) is 22.4 Å². The van der Waals surface area contributed by atoms with Crippen LogP contribution in [0.25, 0.3) is 11.1 Å². The van der Waals surface area contributed by atoms with Crippen molar-refractivity contribution in [3.05, 3.63) is 29.0 Å².